The van der Waals surface area contributed by atoms with E-state index in [1.807, 2.05) is 0 Å². The van der Waals surface area contributed by atoms with E-state index in [0.29, 0.717) is 6.07 Å². The number of alkyl halides is 6. The molecule has 0 heterocycles. The van der Waals surface area contributed by atoms with Gasteiger partial charge in [0.05, 0.1) is 5.92 Å². The van der Waals surface area contributed by atoms with Crippen molar-refractivity contribution in [1.29, 1.82) is 0 Å². The monoisotopic (exact) mass is 436 g/mol. The van der Waals surface area contributed by atoms with E-state index in [2.05, 4.69) is 8.92 Å². The molecule has 0 saturated heterocycles. The van der Waals surface area contributed by atoms with E-state index < -0.39 is 51.8 Å². The van der Waals surface area contributed by atoms with Gasteiger partial charge in [-0.05, 0) is 30.0 Å². The number of ether oxygens (including phenoxy) is 1. The summed E-state index contributed by atoms with van der Waals surface area (Å²) in [5.41, 5.74) is -6.01. The van der Waals surface area contributed by atoms with Crippen LogP contribution in [0.15, 0.2) is 18.2 Å². The minimum atomic E-state index is -6.11. The maximum absolute atomic E-state index is 12.5. The average molecular weight is 436 g/mol. The van der Waals surface area contributed by atoms with E-state index in [-0.39, 0.29) is 17.9 Å². The second-order valence-corrected chi connectivity index (χ2v) is 7.73. The second-order valence-electron chi connectivity index (χ2n) is 6.19. The Kier molecular flexibility index (Phi) is 6.07. The fraction of sp³-hybridized carbons (Fsp3) is 0.533. The van der Waals surface area contributed by atoms with E-state index in [4.69, 9.17) is 0 Å². The molecule has 1 aromatic carbocycles. The Bertz CT molecular complexity index is 828. The highest BCUT2D eigenvalue weighted by atomic mass is 32.2. The SMILES string of the molecule is O=C(O)C(CC1CC1)c1cc(OCC(F)(F)F)cc(OS(=O)(=O)C(F)(F)F)c1. The van der Waals surface area contributed by atoms with Gasteiger partial charge in [-0.15, -0.1) is 0 Å². The molecule has 1 aliphatic rings. The number of halogens is 6. The van der Waals surface area contributed by atoms with Gasteiger partial charge in [-0.3, -0.25) is 4.79 Å². The lowest BCUT2D eigenvalue weighted by molar-refractivity contribution is -0.153. The normalized spacial score (nSPS) is 16.5. The molecule has 1 fully saturated rings. The molecule has 0 aromatic heterocycles. The summed E-state index contributed by atoms with van der Waals surface area (Å²) in [4.78, 5) is 11.5. The highest BCUT2D eigenvalue weighted by molar-refractivity contribution is 7.88. The van der Waals surface area contributed by atoms with Gasteiger partial charge in [0.25, 0.3) is 0 Å². The topological polar surface area (TPSA) is 89.9 Å². The van der Waals surface area contributed by atoms with Crippen LogP contribution in [0.5, 0.6) is 11.5 Å². The zero-order valence-corrected chi connectivity index (χ0v) is 14.7. The Labute approximate surface area is 155 Å². The first-order chi connectivity index (χ1) is 12.7. The van der Waals surface area contributed by atoms with Crippen LogP contribution in [0.3, 0.4) is 0 Å². The molecule has 28 heavy (non-hydrogen) atoms. The molecular formula is C15H14F6O6S. The Morgan fingerprint density at radius 3 is 2.14 bits per heavy atom. The van der Waals surface area contributed by atoms with Crippen molar-refractivity contribution in [3.8, 4) is 11.5 Å². The summed E-state index contributed by atoms with van der Waals surface area (Å²) in [6, 6.07) is 2.14. The van der Waals surface area contributed by atoms with Crippen LogP contribution >= 0.6 is 0 Å². The second kappa shape index (κ2) is 7.68. The van der Waals surface area contributed by atoms with Crippen LogP contribution in [0.1, 0.15) is 30.7 Å². The number of carboxylic acids is 1. The van der Waals surface area contributed by atoms with Gasteiger partial charge in [-0.25, -0.2) is 0 Å². The Morgan fingerprint density at radius 1 is 1.11 bits per heavy atom. The van der Waals surface area contributed by atoms with Gasteiger partial charge in [0.15, 0.2) is 6.61 Å². The van der Waals surface area contributed by atoms with E-state index >= 15 is 0 Å². The smallest absolute Gasteiger partial charge is 0.484 e. The predicted molar refractivity (Wildman–Crippen MR) is 81.3 cm³/mol. The van der Waals surface area contributed by atoms with Crippen molar-refractivity contribution in [1.82, 2.24) is 0 Å². The fourth-order valence-corrected chi connectivity index (χ4v) is 2.78. The summed E-state index contributed by atoms with van der Waals surface area (Å²) >= 11 is 0. The van der Waals surface area contributed by atoms with Crippen LogP contribution in [0.25, 0.3) is 0 Å². The molecule has 1 unspecified atom stereocenters. The van der Waals surface area contributed by atoms with Crippen LogP contribution in [-0.2, 0) is 14.9 Å². The molecule has 13 heteroatoms. The van der Waals surface area contributed by atoms with Crippen molar-refractivity contribution in [2.45, 2.75) is 36.9 Å². The molecule has 0 spiro atoms. The summed E-state index contributed by atoms with van der Waals surface area (Å²) in [5, 5.41) is 9.35. The van der Waals surface area contributed by atoms with E-state index in [1.54, 1.807) is 0 Å². The number of carboxylic acid groups (broad SMARTS) is 1. The summed E-state index contributed by atoms with van der Waals surface area (Å²) in [5.74, 6) is -4.29. The minimum Gasteiger partial charge on any atom is -0.484 e. The van der Waals surface area contributed by atoms with E-state index in [9.17, 15) is 44.7 Å². The van der Waals surface area contributed by atoms with Gasteiger partial charge >= 0.3 is 27.8 Å². The number of rotatable bonds is 8. The predicted octanol–water partition coefficient (Wildman–Crippen LogP) is 3.82. The van der Waals surface area contributed by atoms with E-state index in [0.717, 1.165) is 25.0 Å². The third-order valence-corrected chi connectivity index (χ3v) is 4.74. The first-order valence-corrected chi connectivity index (χ1v) is 9.17. The molecule has 0 radical (unpaired) electrons. The van der Waals surface area contributed by atoms with Crippen LogP contribution in [0.4, 0.5) is 26.3 Å². The third-order valence-electron chi connectivity index (χ3n) is 3.76. The first kappa shape index (κ1) is 22.1. The van der Waals surface area contributed by atoms with Crippen LogP contribution in [0.2, 0.25) is 0 Å². The van der Waals surface area contributed by atoms with Crippen molar-refractivity contribution >= 4 is 16.1 Å². The summed E-state index contributed by atoms with van der Waals surface area (Å²) < 4.78 is 105. The highest BCUT2D eigenvalue weighted by Crippen LogP contribution is 2.41. The van der Waals surface area contributed by atoms with Crippen molar-refractivity contribution in [2.75, 3.05) is 6.61 Å². The molecule has 6 nitrogen and oxygen atoms in total. The molecule has 0 bridgehead atoms. The number of hydrogen-bond donors (Lipinski definition) is 1. The standard InChI is InChI=1S/C15H14F6O6S/c16-14(17,18)7-26-10-4-9(12(13(22)23)3-8-1-2-8)5-11(6-10)27-28(24,25)15(19,20)21/h4-6,8,12H,1-3,7H2,(H,22,23). The maximum Gasteiger partial charge on any atom is 0.534 e. The highest BCUT2D eigenvalue weighted by Gasteiger charge is 2.48. The van der Waals surface area contributed by atoms with E-state index in [1.165, 1.54) is 0 Å². The van der Waals surface area contributed by atoms with Gasteiger partial charge in [0, 0.05) is 6.07 Å². The molecule has 0 amide bonds. The first-order valence-electron chi connectivity index (χ1n) is 7.76. The molecule has 158 valence electrons. The van der Waals surface area contributed by atoms with Gasteiger partial charge in [0.2, 0.25) is 0 Å². The maximum atomic E-state index is 12.5. The molecule has 1 atom stereocenters. The Balaban J connectivity index is 2.41. The molecule has 1 saturated carbocycles. The Morgan fingerprint density at radius 2 is 1.68 bits per heavy atom. The quantitative estimate of drug-likeness (QED) is 0.379. The summed E-state index contributed by atoms with van der Waals surface area (Å²) in [6.45, 7) is -1.82. The van der Waals surface area contributed by atoms with Gasteiger partial charge < -0.3 is 14.0 Å². The molecule has 1 aliphatic carbocycles. The average Bonchev–Trinajstić information content (AvgIpc) is 3.32. The van der Waals surface area contributed by atoms with Crippen molar-refractivity contribution in [3.05, 3.63) is 23.8 Å². The van der Waals surface area contributed by atoms with Crippen LogP contribution < -0.4 is 8.92 Å². The zero-order valence-electron chi connectivity index (χ0n) is 13.9. The number of carbonyl (C=O) groups is 1. The van der Waals surface area contributed by atoms with Crippen molar-refractivity contribution in [2.24, 2.45) is 5.92 Å². The van der Waals surface area contributed by atoms with Crippen LogP contribution in [0, 0.1) is 5.92 Å². The van der Waals surface area contributed by atoms with Crippen LogP contribution in [-0.4, -0.2) is 37.8 Å². The van der Waals surface area contributed by atoms with Gasteiger partial charge in [-0.1, -0.05) is 12.8 Å². The lowest BCUT2D eigenvalue weighted by Crippen LogP contribution is -2.28. The zero-order chi connectivity index (χ0) is 21.3. The van der Waals surface area contributed by atoms with Crippen molar-refractivity contribution < 1.29 is 53.6 Å². The lowest BCUT2D eigenvalue weighted by atomic mass is 9.93. The largest absolute Gasteiger partial charge is 0.534 e. The van der Waals surface area contributed by atoms with Crippen molar-refractivity contribution in [3.63, 3.8) is 0 Å². The van der Waals surface area contributed by atoms with Gasteiger partial charge in [0.1, 0.15) is 11.5 Å². The molecule has 0 aliphatic heterocycles. The summed E-state index contributed by atoms with van der Waals surface area (Å²) in [7, 11) is -6.11. The number of benzene rings is 1. The molecular weight excluding hydrogens is 422 g/mol. The molecule has 2 rings (SSSR count). The number of hydrogen-bond acceptors (Lipinski definition) is 5. The lowest BCUT2D eigenvalue weighted by Gasteiger charge is -2.17. The van der Waals surface area contributed by atoms with Gasteiger partial charge in [-0.2, -0.15) is 34.8 Å². The molecule has 1 N–H and O–H groups in total. The third kappa shape index (κ3) is 6.17. The fourth-order valence-electron chi connectivity index (χ4n) is 2.33. The summed E-state index contributed by atoms with van der Waals surface area (Å²) in [6.07, 6.45) is -3.22. The Hall–Kier alpha value is -2.18. The minimum absolute atomic E-state index is 0.0455. The molecule has 1 aromatic rings. The number of aliphatic carboxylic acids is 1.